The standard InChI is InChI=1S/C14H8FNO2/c15-10-7-5-9(6-8-10)13-16-12-4-2-1-3-11(12)14(17)18-13/h1-8H. The highest BCUT2D eigenvalue weighted by atomic mass is 19.1. The lowest BCUT2D eigenvalue weighted by Gasteiger charge is -2.01. The number of hydrogen-bond acceptors (Lipinski definition) is 3. The van der Waals surface area contributed by atoms with Crippen molar-refractivity contribution in [2.45, 2.75) is 0 Å². The third kappa shape index (κ3) is 1.78. The third-order valence-corrected chi connectivity index (χ3v) is 2.63. The summed E-state index contributed by atoms with van der Waals surface area (Å²) in [4.78, 5) is 16.0. The van der Waals surface area contributed by atoms with Crippen molar-refractivity contribution in [3.8, 4) is 11.5 Å². The molecule has 1 aromatic heterocycles. The molecule has 0 atom stereocenters. The van der Waals surface area contributed by atoms with E-state index < -0.39 is 5.63 Å². The second kappa shape index (κ2) is 4.07. The highest BCUT2D eigenvalue weighted by Gasteiger charge is 2.07. The smallest absolute Gasteiger partial charge is 0.347 e. The van der Waals surface area contributed by atoms with Crippen LogP contribution in [0.25, 0.3) is 22.4 Å². The van der Waals surface area contributed by atoms with E-state index in [0.717, 1.165) is 0 Å². The van der Waals surface area contributed by atoms with Crippen LogP contribution in [-0.4, -0.2) is 4.98 Å². The van der Waals surface area contributed by atoms with Crippen LogP contribution in [0.3, 0.4) is 0 Å². The molecule has 3 nitrogen and oxygen atoms in total. The van der Waals surface area contributed by atoms with Crippen molar-refractivity contribution in [1.82, 2.24) is 4.98 Å². The molecule has 0 amide bonds. The molecule has 2 aromatic carbocycles. The van der Waals surface area contributed by atoms with Gasteiger partial charge in [0.15, 0.2) is 0 Å². The highest BCUT2D eigenvalue weighted by molar-refractivity contribution is 5.78. The summed E-state index contributed by atoms with van der Waals surface area (Å²) in [6.07, 6.45) is 0. The van der Waals surface area contributed by atoms with E-state index in [1.165, 1.54) is 24.3 Å². The Morgan fingerprint density at radius 1 is 1.00 bits per heavy atom. The van der Waals surface area contributed by atoms with Crippen LogP contribution < -0.4 is 5.63 Å². The first-order valence-electron chi connectivity index (χ1n) is 5.40. The molecule has 4 heteroatoms. The summed E-state index contributed by atoms with van der Waals surface area (Å²) in [6, 6.07) is 12.6. The van der Waals surface area contributed by atoms with Gasteiger partial charge >= 0.3 is 5.63 Å². The molecule has 3 aromatic rings. The van der Waals surface area contributed by atoms with Crippen LogP contribution in [0.1, 0.15) is 0 Å². The Morgan fingerprint density at radius 2 is 1.72 bits per heavy atom. The van der Waals surface area contributed by atoms with Crippen molar-refractivity contribution < 1.29 is 8.81 Å². The van der Waals surface area contributed by atoms with Crippen LogP contribution >= 0.6 is 0 Å². The minimum Gasteiger partial charge on any atom is -0.403 e. The lowest BCUT2D eigenvalue weighted by Crippen LogP contribution is -2.02. The van der Waals surface area contributed by atoms with E-state index in [9.17, 15) is 9.18 Å². The molecule has 3 rings (SSSR count). The monoisotopic (exact) mass is 241 g/mol. The Balaban J connectivity index is 2.24. The Hall–Kier alpha value is -2.49. The summed E-state index contributed by atoms with van der Waals surface area (Å²) in [5, 5.41) is 0.434. The molecule has 0 aliphatic rings. The summed E-state index contributed by atoms with van der Waals surface area (Å²) < 4.78 is 17.9. The summed E-state index contributed by atoms with van der Waals surface area (Å²) in [7, 11) is 0. The van der Waals surface area contributed by atoms with Crippen molar-refractivity contribution >= 4 is 10.9 Å². The summed E-state index contributed by atoms with van der Waals surface area (Å²) in [5.41, 5.74) is 0.687. The quantitative estimate of drug-likeness (QED) is 0.657. The van der Waals surface area contributed by atoms with Crippen molar-refractivity contribution in [3.63, 3.8) is 0 Å². The maximum absolute atomic E-state index is 12.8. The fourth-order valence-electron chi connectivity index (χ4n) is 1.73. The Labute approximate surface area is 102 Å². The molecular weight excluding hydrogens is 233 g/mol. The second-order valence-electron chi connectivity index (χ2n) is 3.83. The van der Waals surface area contributed by atoms with E-state index in [0.29, 0.717) is 16.5 Å². The Bertz CT molecular complexity index is 763. The summed E-state index contributed by atoms with van der Waals surface area (Å²) in [6.45, 7) is 0. The molecule has 0 radical (unpaired) electrons. The van der Waals surface area contributed by atoms with E-state index in [-0.39, 0.29) is 11.7 Å². The van der Waals surface area contributed by atoms with Crippen molar-refractivity contribution in [1.29, 1.82) is 0 Å². The second-order valence-corrected chi connectivity index (χ2v) is 3.83. The van der Waals surface area contributed by atoms with Gasteiger partial charge in [-0.2, -0.15) is 0 Å². The van der Waals surface area contributed by atoms with Crippen LogP contribution in [0.5, 0.6) is 0 Å². The normalized spacial score (nSPS) is 10.7. The van der Waals surface area contributed by atoms with Gasteiger partial charge in [-0.3, -0.25) is 0 Å². The average Bonchev–Trinajstić information content (AvgIpc) is 2.39. The Morgan fingerprint density at radius 3 is 2.50 bits per heavy atom. The van der Waals surface area contributed by atoms with Gasteiger partial charge in [-0.25, -0.2) is 14.2 Å². The summed E-state index contributed by atoms with van der Waals surface area (Å²) >= 11 is 0. The average molecular weight is 241 g/mol. The van der Waals surface area contributed by atoms with E-state index >= 15 is 0 Å². The van der Waals surface area contributed by atoms with E-state index in [1.807, 2.05) is 0 Å². The van der Waals surface area contributed by atoms with Crippen LogP contribution in [0.4, 0.5) is 4.39 Å². The van der Waals surface area contributed by atoms with Crippen LogP contribution in [0.2, 0.25) is 0 Å². The lowest BCUT2D eigenvalue weighted by atomic mass is 10.2. The number of nitrogens with zero attached hydrogens (tertiary/aromatic N) is 1. The van der Waals surface area contributed by atoms with Gasteiger partial charge in [0.1, 0.15) is 5.82 Å². The fraction of sp³-hybridized carbons (Fsp3) is 0. The number of aromatic nitrogens is 1. The predicted octanol–water partition coefficient (Wildman–Crippen LogP) is 2.99. The molecule has 88 valence electrons. The molecular formula is C14H8FNO2. The van der Waals surface area contributed by atoms with Crippen molar-refractivity contribution in [3.05, 3.63) is 64.8 Å². The van der Waals surface area contributed by atoms with Gasteiger partial charge in [0, 0.05) is 5.56 Å². The van der Waals surface area contributed by atoms with Crippen LogP contribution in [-0.2, 0) is 0 Å². The minimum absolute atomic E-state index is 0.193. The SMILES string of the molecule is O=c1oc(-c2ccc(F)cc2)nc2ccccc12. The molecule has 0 aliphatic carbocycles. The van der Waals surface area contributed by atoms with Gasteiger partial charge in [0.05, 0.1) is 10.9 Å². The largest absolute Gasteiger partial charge is 0.403 e. The van der Waals surface area contributed by atoms with Gasteiger partial charge in [-0.15, -0.1) is 0 Å². The molecule has 0 spiro atoms. The highest BCUT2D eigenvalue weighted by Crippen LogP contribution is 2.18. The third-order valence-electron chi connectivity index (χ3n) is 2.63. The predicted molar refractivity (Wildman–Crippen MR) is 65.7 cm³/mol. The molecule has 18 heavy (non-hydrogen) atoms. The molecule has 0 saturated heterocycles. The Kier molecular flexibility index (Phi) is 2.41. The first-order chi connectivity index (χ1) is 8.74. The zero-order chi connectivity index (χ0) is 12.5. The zero-order valence-electron chi connectivity index (χ0n) is 9.26. The fourth-order valence-corrected chi connectivity index (χ4v) is 1.73. The van der Waals surface area contributed by atoms with Gasteiger partial charge in [0.2, 0.25) is 5.89 Å². The lowest BCUT2D eigenvalue weighted by molar-refractivity contribution is 0.518. The number of rotatable bonds is 1. The first-order valence-corrected chi connectivity index (χ1v) is 5.40. The van der Waals surface area contributed by atoms with Gasteiger partial charge in [-0.05, 0) is 36.4 Å². The maximum Gasteiger partial charge on any atom is 0.347 e. The maximum atomic E-state index is 12.8. The number of benzene rings is 2. The van der Waals surface area contributed by atoms with Gasteiger partial charge in [0.25, 0.3) is 0 Å². The van der Waals surface area contributed by atoms with Crippen molar-refractivity contribution in [2.24, 2.45) is 0 Å². The molecule has 0 saturated carbocycles. The summed E-state index contributed by atoms with van der Waals surface area (Å²) in [5.74, 6) is -0.152. The molecule has 0 fully saturated rings. The number of halogens is 1. The molecule has 0 aliphatic heterocycles. The first kappa shape index (κ1) is 10.7. The van der Waals surface area contributed by atoms with Gasteiger partial charge < -0.3 is 4.42 Å². The number of hydrogen-bond donors (Lipinski definition) is 0. The van der Waals surface area contributed by atoms with E-state index in [4.69, 9.17) is 4.42 Å². The minimum atomic E-state index is -0.445. The van der Waals surface area contributed by atoms with Crippen LogP contribution in [0.15, 0.2) is 57.7 Å². The van der Waals surface area contributed by atoms with E-state index in [2.05, 4.69) is 4.98 Å². The molecule has 0 bridgehead atoms. The van der Waals surface area contributed by atoms with Crippen LogP contribution in [0, 0.1) is 5.82 Å². The topological polar surface area (TPSA) is 43.1 Å². The molecule has 1 heterocycles. The number of para-hydroxylation sites is 1. The molecule has 0 N–H and O–H groups in total. The van der Waals surface area contributed by atoms with E-state index in [1.54, 1.807) is 24.3 Å². The van der Waals surface area contributed by atoms with Gasteiger partial charge in [-0.1, -0.05) is 12.1 Å². The molecule has 0 unspecified atom stereocenters. The van der Waals surface area contributed by atoms with Crippen molar-refractivity contribution in [2.75, 3.05) is 0 Å². The number of fused-ring (bicyclic) bond motifs is 1. The zero-order valence-corrected chi connectivity index (χ0v) is 9.26.